The van der Waals surface area contributed by atoms with Crippen molar-refractivity contribution in [1.82, 2.24) is 0 Å². The molecule has 0 aliphatic carbocycles. The molecule has 0 spiro atoms. The lowest BCUT2D eigenvalue weighted by Crippen LogP contribution is -1.95. The molecule has 0 saturated heterocycles. The SMILES string of the molecule is COc1cc(/C=C(/C#N)c2ccc(C(=O)O)cc2)cc(Br)c1O. The Labute approximate surface area is 141 Å². The molecule has 2 N–H and O–H groups in total. The molecule has 0 aromatic heterocycles. The molecule has 0 saturated carbocycles. The third-order valence-corrected chi connectivity index (χ3v) is 3.75. The van der Waals surface area contributed by atoms with E-state index in [1.165, 1.54) is 19.2 Å². The Morgan fingerprint density at radius 3 is 2.39 bits per heavy atom. The van der Waals surface area contributed by atoms with Crippen LogP contribution in [-0.2, 0) is 0 Å². The number of hydrogen-bond acceptors (Lipinski definition) is 4. The number of nitriles is 1. The van der Waals surface area contributed by atoms with Crippen LogP contribution in [0.15, 0.2) is 40.9 Å². The van der Waals surface area contributed by atoms with Gasteiger partial charge in [-0.2, -0.15) is 5.26 Å². The number of benzene rings is 2. The second kappa shape index (κ2) is 6.99. The minimum Gasteiger partial charge on any atom is -0.503 e. The van der Waals surface area contributed by atoms with Crippen LogP contribution < -0.4 is 4.74 Å². The zero-order valence-electron chi connectivity index (χ0n) is 12.1. The number of phenolic OH excluding ortho intramolecular Hbond substituents is 1. The molecule has 0 aliphatic rings. The summed E-state index contributed by atoms with van der Waals surface area (Å²) in [6.07, 6.45) is 1.63. The van der Waals surface area contributed by atoms with Crippen LogP contribution in [-0.4, -0.2) is 23.3 Å². The summed E-state index contributed by atoms with van der Waals surface area (Å²) in [5.74, 6) is -0.760. The summed E-state index contributed by atoms with van der Waals surface area (Å²) in [5, 5.41) is 28.0. The Morgan fingerprint density at radius 1 is 1.26 bits per heavy atom. The van der Waals surface area contributed by atoms with Crippen LogP contribution in [0.3, 0.4) is 0 Å². The number of allylic oxidation sites excluding steroid dienone is 1. The number of phenols is 1. The van der Waals surface area contributed by atoms with Gasteiger partial charge in [0.25, 0.3) is 0 Å². The van der Waals surface area contributed by atoms with E-state index in [1.807, 2.05) is 0 Å². The molecule has 0 radical (unpaired) electrons. The van der Waals surface area contributed by atoms with Crippen molar-refractivity contribution in [3.05, 3.63) is 57.6 Å². The first-order valence-corrected chi connectivity index (χ1v) is 7.27. The minimum atomic E-state index is -1.02. The van der Waals surface area contributed by atoms with Crippen molar-refractivity contribution in [2.75, 3.05) is 7.11 Å². The third-order valence-electron chi connectivity index (χ3n) is 3.14. The van der Waals surface area contributed by atoms with Gasteiger partial charge in [0.05, 0.1) is 28.8 Å². The Balaban J connectivity index is 2.45. The van der Waals surface area contributed by atoms with E-state index in [2.05, 4.69) is 22.0 Å². The molecule has 116 valence electrons. The van der Waals surface area contributed by atoms with Crippen LogP contribution in [0, 0.1) is 11.3 Å². The van der Waals surface area contributed by atoms with Crippen molar-refractivity contribution in [1.29, 1.82) is 5.26 Å². The number of ether oxygens (including phenoxy) is 1. The molecule has 0 amide bonds. The molecule has 0 fully saturated rings. The highest BCUT2D eigenvalue weighted by Crippen LogP contribution is 2.36. The van der Waals surface area contributed by atoms with Crippen molar-refractivity contribution in [3.8, 4) is 17.6 Å². The highest BCUT2D eigenvalue weighted by molar-refractivity contribution is 9.10. The van der Waals surface area contributed by atoms with E-state index in [4.69, 9.17) is 9.84 Å². The van der Waals surface area contributed by atoms with Gasteiger partial charge < -0.3 is 14.9 Å². The van der Waals surface area contributed by atoms with E-state index in [1.54, 1.807) is 30.3 Å². The quantitative estimate of drug-likeness (QED) is 0.625. The molecule has 2 aromatic rings. The maximum atomic E-state index is 10.9. The lowest BCUT2D eigenvalue weighted by Gasteiger charge is -2.07. The largest absolute Gasteiger partial charge is 0.503 e. The predicted octanol–water partition coefficient (Wildman–Crippen LogP) is 3.93. The number of carbonyl (C=O) groups is 1. The number of hydrogen-bond donors (Lipinski definition) is 2. The lowest BCUT2D eigenvalue weighted by molar-refractivity contribution is 0.0697. The van der Waals surface area contributed by atoms with Crippen LogP contribution >= 0.6 is 15.9 Å². The van der Waals surface area contributed by atoms with Crippen LogP contribution in [0.1, 0.15) is 21.5 Å². The average Bonchev–Trinajstić information content (AvgIpc) is 2.55. The number of halogens is 1. The minimum absolute atomic E-state index is 0.0195. The van der Waals surface area contributed by atoms with Crippen LogP contribution in [0.5, 0.6) is 11.5 Å². The summed E-state index contributed by atoms with van der Waals surface area (Å²) in [5.41, 5.74) is 1.77. The molecule has 0 bridgehead atoms. The number of aromatic hydroxyl groups is 1. The van der Waals surface area contributed by atoms with E-state index in [0.717, 1.165) is 0 Å². The molecule has 0 atom stereocenters. The molecule has 0 unspecified atom stereocenters. The van der Waals surface area contributed by atoms with Crippen molar-refractivity contribution < 1.29 is 19.7 Å². The standard InChI is InChI=1S/C17H12BrNO4/c1-23-15-8-10(7-14(18)16(15)20)6-13(9-19)11-2-4-12(5-3-11)17(21)22/h2-8,20H,1H3,(H,21,22)/b13-6-. The molecule has 2 aromatic carbocycles. The molecule has 5 nitrogen and oxygen atoms in total. The Hall–Kier alpha value is -2.78. The van der Waals surface area contributed by atoms with Gasteiger partial charge >= 0.3 is 5.97 Å². The summed E-state index contributed by atoms with van der Waals surface area (Å²) in [7, 11) is 1.44. The van der Waals surface area contributed by atoms with E-state index in [-0.39, 0.29) is 17.1 Å². The fraction of sp³-hybridized carbons (Fsp3) is 0.0588. The maximum Gasteiger partial charge on any atom is 0.335 e. The van der Waals surface area contributed by atoms with E-state index < -0.39 is 5.97 Å². The molecular weight excluding hydrogens is 362 g/mol. The molecule has 6 heteroatoms. The van der Waals surface area contributed by atoms with Gasteiger partial charge in [-0.15, -0.1) is 0 Å². The van der Waals surface area contributed by atoms with E-state index in [0.29, 0.717) is 21.2 Å². The Bertz CT molecular complexity index is 820. The van der Waals surface area contributed by atoms with Crippen LogP contribution in [0.2, 0.25) is 0 Å². The smallest absolute Gasteiger partial charge is 0.335 e. The summed E-state index contributed by atoms with van der Waals surface area (Å²) in [4.78, 5) is 10.9. The second-order valence-electron chi connectivity index (χ2n) is 4.61. The fourth-order valence-electron chi connectivity index (χ4n) is 1.97. The predicted molar refractivity (Wildman–Crippen MR) is 89.2 cm³/mol. The molecule has 2 rings (SSSR count). The number of nitrogens with zero attached hydrogens (tertiary/aromatic N) is 1. The first-order chi connectivity index (χ1) is 11.0. The zero-order valence-corrected chi connectivity index (χ0v) is 13.7. The maximum absolute atomic E-state index is 10.9. The van der Waals surface area contributed by atoms with E-state index >= 15 is 0 Å². The van der Waals surface area contributed by atoms with Crippen molar-refractivity contribution in [2.45, 2.75) is 0 Å². The second-order valence-corrected chi connectivity index (χ2v) is 5.46. The first kappa shape index (κ1) is 16.6. The van der Waals surface area contributed by atoms with Gasteiger partial charge in [-0.1, -0.05) is 12.1 Å². The normalized spacial score (nSPS) is 10.9. The Kier molecular flexibility index (Phi) is 5.04. The summed E-state index contributed by atoms with van der Waals surface area (Å²) in [6.45, 7) is 0. The summed E-state index contributed by atoms with van der Waals surface area (Å²) in [6, 6.07) is 11.4. The molecule has 0 heterocycles. The third kappa shape index (κ3) is 3.71. The number of rotatable bonds is 4. The Morgan fingerprint density at radius 2 is 1.87 bits per heavy atom. The zero-order chi connectivity index (χ0) is 17.0. The summed E-state index contributed by atoms with van der Waals surface area (Å²) < 4.78 is 5.52. The fourth-order valence-corrected chi connectivity index (χ4v) is 2.43. The van der Waals surface area contributed by atoms with Crippen molar-refractivity contribution >= 4 is 33.5 Å². The summed E-state index contributed by atoms with van der Waals surface area (Å²) >= 11 is 3.22. The average molecular weight is 374 g/mol. The van der Waals surface area contributed by atoms with Crippen LogP contribution in [0.25, 0.3) is 11.6 Å². The number of carboxylic acid groups (broad SMARTS) is 1. The first-order valence-electron chi connectivity index (χ1n) is 6.48. The highest BCUT2D eigenvalue weighted by atomic mass is 79.9. The van der Waals surface area contributed by atoms with Crippen LogP contribution in [0.4, 0.5) is 0 Å². The number of carboxylic acids is 1. The van der Waals surface area contributed by atoms with Gasteiger partial charge in [0.15, 0.2) is 11.5 Å². The monoisotopic (exact) mass is 373 g/mol. The van der Waals surface area contributed by atoms with Crippen molar-refractivity contribution in [2.24, 2.45) is 0 Å². The molecular formula is C17H12BrNO4. The van der Waals surface area contributed by atoms with E-state index in [9.17, 15) is 15.2 Å². The van der Waals surface area contributed by atoms with Crippen molar-refractivity contribution in [3.63, 3.8) is 0 Å². The molecule has 23 heavy (non-hydrogen) atoms. The molecule has 0 aliphatic heterocycles. The van der Waals surface area contributed by atoms with Gasteiger partial charge in [-0.3, -0.25) is 0 Å². The number of aromatic carboxylic acids is 1. The van der Waals surface area contributed by atoms with Gasteiger partial charge in [0.1, 0.15) is 0 Å². The van der Waals surface area contributed by atoms with Gasteiger partial charge in [-0.25, -0.2) is 4.79 Å². The lowest BCUT2D eigenvalue weighted by atomic mass is 10.0. The van der Waals surface area contributed by atoms with Gasteiger partial charge in [-0.05, 0) is 57.4 Å². The highest BCUT2D eigenvalue weighted by Gasteiger charge is 2.09. The van der Waals surface area contributed by atoms with Gasteiger partial charge in [0, 0.05) is 0 Å². The topological polar surface area (TPSA) is 90.5 Å². The number of methoxy groups -OCH3 is 1. The van der Waals surface area contributed by atoms with Gasteiger partial charge in [0.2, 0.25) is 0 Å².